The Morgan fingerprint density at radius 1 is 1.44 bits per heavy atom. The number of carbonyl (C=O) groups is 1. The molecule has 0 atom stereocenters. The van der Waals surface area contributed by atoms with Gasteiger partial charge in [-0.25, -0.2) is 4.79 Å². The van der Waals surface area contributed by atoms with Crippen LogP contribution in [0.15, 0.2) is 24.3 Å². The van der Waals surface area contributed by atoms with Crippen LogP contribution in [-0.2, 0) is 4.79 Å². The molecule has 1 aromatic rings. The van der Waals surface area contributed by atoms with E-state index in [1.807, 2.05) is 44.1 Å². The first-order chi connectivity index (χ1) is 8.49. The van der Waals surface area contributed by atoms with E-state index in [9.17, 15) is 4.79 Å². The summed E-state index contributed by atoms with van der Waals surface area (Å²) in [7, 11) is 3.95. The molecule has 0 saturated carbocycles. The SMILES string of the molecule is Cc1ccc(OCCN(C)C)c(C=CC(=O)O)c1. The Morgan fingerprint density at radius 2 is 2.17 bits per heavy atom. The molecule has 0 bridgehead atoms. The van der Waals surface area contributed by atoms with Crippen LogP contribution in [0.5, 0.6) is 5.75 Å². The summed E-state index contributed by atoms with van der Waals surface area (Å²) in [4.78, 5) is 12.6. The number of hydrogen-bond acceptors (Lipinski definition) is 3. The van der Waals surface area contributed by atoms with Crippen LogP contribution >= 0.6 is 0 Å². The smallest absolute Gasteiger partial charge is 0.328 e. The molecule has 4 nitrogen and oxygen atoms in total. The van der Waals surface area contributed by atoms with Gasteiger partial charge in [0, 0.05) is 18.2 Å². The topological polar surface area (TPSA) is 49.8 Å². The zero-order valence-electron chi connectivity index (χ0n) is 11.0. The van der Waals surface area contributed by atoms with E-state index in [0.29, 0.717) is 12.4 Å². The highest BCUT2D eigenvalue weighted by Crippen LogP contribution is 2.21. The van der Waals surface area contributed by atoms with Crippen molar-refractivity contribution >= 4 is 12.0 Å². The maximum absolute atomic E-state index is 10.5. The molecule has 98 valence electrons. The van der Waals surface area contributed by atoms with E-state index in [1.165, 1.54) is 0 Å². The number of rotatable bonds is 6. The normalized spacial score (nSPS) is 11.1. The number of ether oxygens (including phenoxy) is 1. The average Bonchev–Trinajstić information content (AvgIpc) is 2.28. The van der Waals surface area contributed by atoms with Gasteiger partial charge < -0.3 is 14.7 Å². The Bertz CT molecular complexity index is 439. The molecule has 1 N–H and O–H groups in total. The molecule has 18 heavy (non-hydrogen) atoms. The summed E-state index contributed by atoms with van der Waals surface area (Å²) >= 11 is 0. The molecule has 0 spiro atoms. The summed E-state index contributed by atoms with van der Waals surface area (Å²) < 4.78 is 5.65. The Hall–Kier alpha value is -1.81. The summed E-state index contributed by atoms with van der Waals surface area (Å²) in [6, 6.07) is 5.72. The van der Waals surface area contributed by atoms with E-state index >= 15 is 0 Å². The standard InChI is InChI=1S/C14H19NO3/c1-11-4-6-13(18-9-8-15(2)3)12(10-11)5-7-14(16)17/h4-7,10H,8-9H2,1-3H3,(H,16,17). The van der Waals surface area contributed by atoms with Crippen molar-refractivity contribution in [1.29, 1.82) is 0 Å². The summed E-state index contributed by atoms with van der Waals surface area (Å²) in [5.74, 6) is -0.254. The Balaban J connectivity index is 2.79. The second kappa shape index (κ2) is 6.81. The highest BCUT2D eigenvalue weighted by Gasteiger charge is 2.02. The first-order valence-electron chi connectivity index (χ1n) is 5.78. The van der Waals surface area contributed by atoms with Crippen molar-refractivity contribution in [2.45, 2.75) is 6.92 Å². The molecule has 4 heteroatoms. The lowest BCUT2D eigenvalue weighted by atomic mass is 10.1. The largest absolute Gasteiger partial charge is 0.492 e. The van der Waals surface area contributed by atoms with Crippen molar-refractivity contribution in [3.05, 3.63) is 35.4 Å². The molecule has 0 aromatic heterocycles. The molecule has 0 aliphatic carbocycles. The van der Waals surface area contributed by atoms with Gasteiger partial charge >= 0.3 is 5.97 Å². The van der Waals surface area contributed by atoms with Crippen molar-refractivity contribution in [3.63, 3.8) is 0 Å². The minimum Gasteiger partial charge on any atom is -0.492 e. The van der Waals surface area contributed by atoms with Gasteiger partial charge in [0.05, 0.1) is 0 Å². The predicted octanol–water partition coefficient (Wildman–Crippen LogP) is 2.03. The lowest BCUT2D eigenvalue weighted by Crippen LogP contribution is -2.19. The van der Waals surface area contributed by atoms with E-state index in [-0.39, 0.29) is 0 Å². The minimum absolute atomic E-state index is 0.573. The van der Waals surface area contributed by atoms with Crippen molar-refractivity contribution in [1.82, 2.24) is 4.90 Å². The number of nitrogens with zero attached hydrogens (tertiary/aromatic N) is 1. The third kappa shape index (κ3) is 5.01. The number of carboxylic acids is 1. The Kier molecular flexibility index (Phi) is 5.39. The lowest BCUT2D eigenvalue weighted by Gasteiger charge is -2.13. The van der Waals surface area contributed by atoms with Crippen LogP contribution in [0.3, 0.4) is 0 Å². The van der Waals surface area contributed by atoms with E-state index in [2.05, 4.69) is 0 Å². The molecule has 0 aliphatic heterocycles. The average molecular weight is 249 g/mol. The van der Waals surface area contributed by atoms with Gasteiger partial charge in [-0.15, -0.1) is 0 Å². The molecule has 0 radical (unpaired) electrons. The molecular formula is C14H19NO3. The molecule has 0 saturated heterocycles. The second-order valence-corrected chi connectivity index (χ2v) is 4.36. The first-order valence-corrected chi connectivity index (χ1v) is 5.78. The molecule has 0 heterocycles. The van der Waals surface area contributed by atoms with E-state index in [4.69, 9.17) is 9.84 Å². The number of benzene rings is 1. The number of likely N-dealkylation sites (N-methyl/N-ethyl adjacent to an activating group) is 1. The molecule has 0 unspecified atom stereocenters. The quantitative estimate of drug-likeness (QED) is 0.784. The van der Waals surface area contributed by atoms with Gasteiger partial charge in [0.1, 0.15) is 12.4 Å². The van der Waals surface area contributed by atoms with E-state index in [0.717, 1.165) is 23.7 Å². The van der Waals surface area contributed by atoms with Gasteiger partial charge in [0.2, 0.25) is 0 Å². The Morgan fingerprint density at radius 3 is 2.78 bits per heavy atom. The van der Waals surface area contributed by atoms with Gasteiger partial charge in [-0.3, -0.25) is 0 Å². The maximum atomic E-state index is 10.5. The van der Waals surface area contributed by atoms with Gasteiger partial charge in [-0.1, -0.05) is 11.6 Å². The van der Waals surface area contributed by atoms with Crippen LogP contribution in [0, 0.1) is 6.92 Å². The van der Waals surface area contributed by atoms with Gasteiger partial charge in [0.15, 0.2) is 0 Å². The number of aliphatic carboxylic acids is 1. The fourth-order valence-corrected chi connectivity index (χ4v) is 1.43. The monoisotopic (exact) mass is 249 g/mol. The fourth-order valence-electron chi connectivity index (χ4n) is 1.43. The Labute approximate surface area is 107 Å². The number of aryl methyl sites for hydroxylation is 1. The summed E-state index contributed by atoms with van der Waals surface area (Å²) in [6.45, 7) is 3.35. The van der Waals surface area contributed by atoms with Crippen LogP contribution in [0.25, 0.3) is 6.08 Å². The summed E-state index contributed by atoms with van der Waals surface area (Å²) in [5, 5.41) is 8.65. The third-order valence-electron chi connectivity index (χ3n) is 2.37. The molecule has 1 aromatic carbocycles. The zero-order valence-corrected chi connectivity index (χ0v) is 11.0. The predicted molar refractivity (Wildman–Crippen MR) is 71.9 cm³/mol. The molecule has 0 amide bonds. The minimum atomic E-state index is -0.962. The van der Waals surface area contributed by atoms with Gasteiger partial charge in [-0.05, 0) is 39.2 Å². The van der Waals surface area contributed by atoms with E-state index in [1.54, 1.807) is 6.08 Å². The maximum Gasteiger partial charge on any atom is 0.328 e. The highest BCUT2D eigenvalue weighted by atomic mass is 16.5. The fraction of sp³-hybridized carbons (Fsp3) is 0.357. The summed E-state index contributed by atoms with van der Waals surface area (Å²) in [6.07, 6.45) is 2.67. The van der Waals surface area contributed by atoms with Crippen LogP contribution in [0.2, 0.25) is 0 Å². The number of hydrogen-bond donors (Lipinski definition) is 1. The van der Waals surface area contributed by atoms with Crippen LogP contribution < -0.4 is 4.74 Å². The van der Waals surface area contributed by atoms with Crippen molar-refractivity contribution in [3.8, 4) is 5.75 Å². The van der Waals surface area contributed by atoms with Crippen LogP contribution in [-0.4, -0.2) is 43.2 Å². The van der Waals surface area contributed by atoms with Gasteiger partial charge in [0.25, 0.3) is 0 Å². The second-order valence-electron chi connectivity index (χ2n) is 4.36. The molecule has 0 aliphatic rings. The molecule has 1 rings (SSSR count). The third-order valence-corrected chi connectivity index (χ3v) is 2.37. The zero-order chi connectivity index (χ0) is 13.5. The van der Waals surface area contributed by atoms with Crippen LogP contribution in [0.1, 0.15) is 11.1 Å². The summed E-state index contributed by atoms with van der Waals surface area (Å²) in [5.41, 5.74) is 1.86. The highest BCUT2D eigenvalue weighted by molar-refractivity contribution is 5.85. The first kappa shape index (κ1) is 14.3. The number of carboxylic acid groups (broad SMARTS) is 1. The van der Waals surface area contributed by atoms with Crippen LogP contribution in [0.4, 0.5) is 0 Å². The van der Waals surface area contributed by atoms with Crippen molar-refractivity contribution in [2.75, 3.05) is 27.2 Å². The lowest BCUT2D eigenvalue weighted by molar-refractivity contribution is -0.131. The van der Waals surface area contributed by atoms with Crippen molar-refractivity contribution < 1.29 is 14.6 Å². The molecule has 0 fully saturated rings. The van der Waals surface area contributed by atoms with Gasteiger partial charge in [-0.2, -0.15) is 0 Å². The van der Waals surface area contributed by atoms with E-state index < -0.39 is 5.97 Å². The van der Waals surface area contributed by atoms with Crippen molar-refractivity contribution in [2.24, 2.45) is 0 Å². The molecular weight excluding hydrogens is 230 g/mol.